The van der Waals surface area contributed by atoms with Crippen molar-refractivity contribution >= 4 is 42.6 Å². The quantitative estimate of drug-likeness (QED) is 0.878. The fraction of sp³-hybridized carbons (Fsp3) is 0.167. The van der Waals surface area contributed by atoms with Gasteiger partial charge in [0.1, 0.15) is 4.21 Å². The van der Waals surface area contributed by atoms with E-state index in [4.69, 9.17) is 5.73 Å². The van der Waals surface area contributed by atoms with Crippen LogP contribution in [-0.4, -0.2) is 23.1 Å². The molecule has 0 fully saturated rings. The number of hydrogen-bond donors (Lipinski definition) is 2. The lowest BCUT2D eigenvalue weighted by molar-refractivity contribution is 0.600. The largest absolute Gasteiger partial charge is 0.398 e. The highest BCUT2D eigenvalue weighted by molar-refractivity contribution is 7.94. The summed E-state index contributed by atoms with van der Waals surface area (Å²) in [7, 11) is -7.19. The van der Waals surface area contributed by atoms with Crippen LogP contribution in [0.25, 0.3) is 0 Å². The van der Waals surface area contributed by atoms with Gasteiger partial charge in [-0.3, -0.25) is 4.72 Å². The lowest BCUT2D eigenvalue weighted by Gasteiger charge is -2.10. The summed E-state index contributed by atoms with van der Waals surface area (Å²) < 4.78 is 50.0. The Bertz CT molecular complexity index is 883. The lowest BCUT2D eigenvalue weighted by atomic mass is 10.2. The van der Waals surface area contributed by atoms with E-state index in [1.54, 1.807) is 13.0 Å². The van der Waals surface area contributed by atoms with Crippen LogP contribution < -0.4 is 10.5 Å². The minimum atomic E-state index is -3.78. The zero-order chi connectivity index (χ0) is 15.8. The van der Waals surface area contributed by atoms with Crippen molar-refractivity contribution in [3.63, 3.8) is 0 Å². The molecule has 0 bridgehead atoms. The van der Waals surface area contributed by atoms with E-state index >= 15 is 0 Å². The third-order valence-corrected chi connectivity index (χ3v) is 6.68. The first-order chi connectivity index (χ1) is 9.59. The summed E-state index contributed by atoms with van der Waals surface area (Å²) in [5.74, 6) is 0. The molecule has 0 spiro atoms. The van der Waals surface area contributed by atoms with Gasteiger partial charge in [0.25, 0.3) is 10.0 Å². The molecule has 2 rings (SSSR count). The Morgan fingerprint density at radius 3 is 2.33 bits per heavy atom. The van der Waals surface area contributed by atoms with Crippen molar-refractivity contribution in [3.05, 3.63) is 35.2 Å². The third-order valence-electron chi connectivity index (χ3n) is 2.74. The number of sulfone groups is 1. The molecular formula is C12H14N2O4S3. The number of rotatable bonds is 4. The van der Waals surface area contributed by atoms with Gasteiger partial charge in [-0.2, -0.15) is 0 Å². The molecule has 1 aromatic carbocycles. The molecule has 6 nitrogen and oxygen atoms in total. The highest BCUT2D eigenvalue weighted by Gasteiger charge is 2.18. The Labute approximate surface area is 127 Å². The number of hydrogen-bond acceptors (Lipinski definition) is 6. The maximum atomic E-state index is 12.2. The normalized spacial score (nSPS) is 12.3. The molecule has 3 N–H and O–H groups in total. The molecule has 1 aromatic heterocycles. The van der Waals surface area contributed by atoms with E-state index in [2.05, 4.69) is 4.72 Å². The molecule has 0 aliphatic heterocycles. The average molecular weight is 346 g/mol. The second-order valence-corrected chi connectivity index (χ2v) is 9.39. The first-order valence-corrected chi connectivity index (χ1v) is 10.0. The maximum Gasteiger partial charge on any atom is 0.271 e. The standard InChI is InChI=1S/C12H14N2O4S3/c1-8-3-4-10(20(2,15)16)6-11(8)14-21(17,18)12-5-9(13)7-19-12/h3-7,14H,13H2,1-2H3. The van der Waals surface area contributed by atoms with Gasteiger partial charge in [0.05, 0.1) is 10.6 Å². The fourth-order valence-electron chi connectivity index (χ4n) is 1.61. The zero-order valence-electron chi connectivity index (χ0n) is 11.3. The van der Waals surface area contributed by atoms with Crippen molar-refractivity contribution in [1.29, 1.82) is 0 Å². The number of anilines is 2. The van der Waals surface area contributed by atoms with Gasteiger partial charge in [-0.25, -0.2) is 16.8 Å². The predicted octanol–water partition coefficient (Wildman–Crippen LogP) is 1.84. The average Bonchev–Trinajstić information content (AvgIpc) is 2.78. The Morgan fingerprint density at radius 1 is 1.14 bits per heavy atom. The van der Waals surface area contributed by atoms with E-state index in [0.29, 0.717) is 11.3 Å². The lowest BCUT2D eigenvalue weighted by Crippen LogP contribution is -2.13. The summed E-state index contributed by atoms with van der Waals surface area (Å²) in [5, 5.41) is 1.52. The van der Waals surface area contributed by atoms with Crippen LogP contribution in [0.1, 0.15) is 5.56 Å². The van der Waals surface area contributed by atoms with Crippen molar-refractivity contribution < 1.29 is 16.8 Å². The zero-order valence-corrected chi connectivity index (χ0v) is 13.8. The minimum absolute atomic E-state index is 0.0523. The van der Waals surface area contributed by atoms with Gasteiger partial charge in [-0.05, 0) is 30.7 Å². The van der Waals surface area contributed by atoms with Gasteiger partial charge in [0.15, 0.2) is 9.84 Å². The molecular weight excluding hydrogens is 332 g/mol. The number of aryl methyl sites for hydroxylation is 1. The number of nitrogens with two attached hydrogens (primary N) is 1. The molecule has 0 aliphatic rings. The molecule has 0 saturated carbocycles. The molecule has 2 aromatic rings. The Hall–Kier alpha value is -1.58. The van der Waals surface area contributed by atoms with Crippen LogP contribution in [0.3, 0.4) is 0 Å². The topological polar surface area (TPSA) is 106 Å². The van der Waals surface area contributed by atoms with Crippen LogP contribution in [0.5, 0.6) is 0 Å². The minimum Gasteiger partial charge on any atom is -0.398 e. The van der Waals surface area contributed by atoms with E-state index in [1.807, 2.05) is 0 Å². The van der Waals surface area contributed by atoms with Crippen LogP contribution >= 0.6 is 11.3 Å². The van der Waals surface area contributed by atoms with Gasteiger partial charge in [0, 0.05) is 17.3 Å². The van der Waals surface area contributed by atoms with E-state index in [-0.39, 0.29) is 14.8 Å². The van der Waals surface area contributed by atoms with E-state index < -0.39 is 19.9 Å². The monoisotopic (exact) mass is 346 g/mol. The molecule has 0 radical (unpaired) electrons. The molecule has 0 unspecified atom stereocenters. The van der Waals surface area contributed by atoms with Crippen molar-refractivity contribution in [2.75, 3.05) is 16.7 Å². The van der Waals surface area contributed by atoms with E-state index in [9.17, 15) is 16.8 Å². The number of nitrogens with one attached hydrogen (secondary N) is 1. The van der Waals surface area contributed by atoms with Gasteiger partial charge in [0.2, 0.25) is 0 Å². The van der Waals surface area contributed by atoms with Gasteiger partial charge in [-0.1, -0.05) is 6.07 Å². The van der Waals surface area contributed by atoms with Crippen LogP contribution in [0.15, 0.2) is 38.8 Å². The number of thiophene rings is 1. The van der Waals surface area contributed by atoms with Crippen molar-refractivity contribution in [2.45, 2.75) is 16.0 Å². The second kappa shape index (κ2) is 5.32. The second-order valence-electron chi connectivity index (χ2n) is 4.55. The Balaban J connectivity index is 2.44. The number of benzene rings is 1. The van der Waals surface area contributed by atoms with Crippen LogP contribution in [0.4, 0.5) is 11.4 Å². The van der Waals surface area contributed by atoms with Crippen molar-refractivity contribution in [3.8, 4) is 0 Å². The summed E-state index contributed by atoms with van der Waals surface area (Å²) >= 11 is 0.998. The summed E-state index contributed by atoms with van der Waals surface area (Å²) in [6.07, 6.45) is 1.07. The first-order valence-electron chi connectivity index (χ1n) is 5.77. The fourth-order valence-corrected chi connectivity index (χ4v) is 4.46. The van der Waals surface area contributed by atoms with Crippen molar-refractivity contribution in [1.82, 2.24) is 0 Å². The molecule has 1 heterocycles. The van der Waals surface area contributed by atoms with Crippen molar-refractivity contribution in [2.24, 2.45) is 0 Å². The van der Waals surface area contributed by atoms with Crippen LogP contribution in [0.2, 0.25) is 0 Å². The summed E-state index contributed by atoms with van der Waals surface area (Å²) in [4.78, 5) is 0.0523. The highest BCUT2D eigenvalue weighted by atomic mass is 32.2. The van der Waals surface area contributed by atoms with Gasteiger partial charge >= 0.3 is 0 Å². The predicted molar refractivity (Wildman–Crippen MR) is 83.8 cm³/mol. The summed E-state index contributed by atoms with van der Waals surface area (Å²) in [6.45, 7) is 1.69. The first kappa shape index (κ1) is 15.8. The molecule has 0 aliphatic carbocycles. The highest BCUT2D eigenvalue weighted by Crippen LogP contribution is 2.27. The molecule has 0 amide bonds. The third kappa shape index (κ3) is 3.55. The van der Waals surface area contributed by atoms with E-state index in [0.717, 1.165) is 17.6 Å². The Morgan fingerprint density at radius 2 is 1.81 bits per heavy atom. The molecule has 9 heteroatoms. The molecule has 114 valence electrons. The maximum absolute atomic E-state index is 12.2. The summed E-state index contributed by atoms with van der Waals surface area (Å²) in [5.41, 5.74) is 6.73. The van der Waals surface area contributed by atoms with Gasteiger partial charge in [-0.15, -0.1) is 11.3 Å². The molecule has 0 saturated heterocycles. The number of nitrogen functional groups attached to an aromatic ring is 1. The molecule has 21 heavy (non-hydrogen) atoms. The SMILES string of the molecule is Cc1ccc(S(C)(=O)=O)cc1NS(=O)(=O)c1cc(N)cs1. The Kier molecular flexibility index (Phi) is 4.00. The van der Waals surface area contributed by atoms with Crippen LogP contribution in [0, 0.1) is 6.92 Å². The molecule has 0 atom stereocenters. The number of sulfonamides is 1. The van der Waals surface area contributed by atoms with Gasteiger partial charge < -0.3 is 5.73 Å². The van der Waals surface area contributed by atoms with Crippen LogP contribution in [-0.2, 0) is 19.9 Å². The smallest absolute Gasteiger partial charge is 0.271 e. The summed E-state index contributed by atoms with van der Waals surface area (Å²) in [6, 6.07) is 5.64. The van der Waals surface area contributed by atoms with E-state index in [1.165, 1.54) is 23.6 Å².